The number of aromatic nitrogens is 3. The molecule has 2 atom stereocenters. The van der Waals surface area contributed by atoms with Crippen LogP contribution in [0, 0.1) is 11.8 Å². The van der Waals surface area contributed by atoms with E-state index in [9.17, 15) is 13.2 Å². The Balaban J connectivity index is 1.93. The summed E-state index contributed by atoms with van der Waals surface area (Å²) >= 11 is 0. The summed E-state index contributed by atoms with van der Waals surface area (Å²) in [4.78, 5) is 12.1. The lowest BCUT2D eigenvalue weighted by atomic mass is 9.91. The number of carbonyl (C=O) groups excluding carboxylic acids is 1. The van der Waals surface area contributed by atoms with Crippen LogP contribution in [0.5, 0.6) is 0 Å². The van der Waals surface area contributed by atoms with Crippen molar-refractivity contribution in [1.29, 1.82) is 0 Å². The molecule has 1 aromatic rings. The summed E-state index contributed by atoms with van der Waals surface area (Å²) in [5.41, 5.74) is 0. The molecule has 0 bridgehead atoms. The van der Waals surface area contributed by atoms with E-state index in [1.165, 1.54) is 10.6 Å². The Labute approximate surface area is 130 Å². The molecule has 124 valence electrons. The SMILES string of the molecule is CC(C)[C@@H]1CN(S(C)(=O)=O)C[C@H]1NC(=O)CCn1cnnc1. The summed E-state index contributed by atoms with van der Waals surface area (Å²) in [5.74, 6) is 0.350. The van der Waals surface area contributed by atoms with Crippen LogP contribution in [0.1, 0.15) is 20.3 Å². The first-order valence-corrected chi connectivity index (χ1v) is 9.19. The van der Waals surface area contributed by atoms with Crippen LogP contribution in [0.25, 0.3) is 0 Å². The van der Waals surface area contributed by atoms with Crippen LogP contribution in [0.15, 0.2) is 12.7 Å². The van der Waals surface area contributed by atoms with Crippen molar-refractivity contribution in [3.8, 4) is 0 Å². The quantitative estimate of drug-likeness (QED) is 0.773. The Bertz CT molecular complexity index is 599. The van der Waals surface area contributed by atoms with Crippen molar-refractivity contribution in [2.45, 2.75) is 32.9 Å². The van der Waals surface area contributed by atoms with Crippen molar-refractivity contribution in [1.82, 2.24) is 24.4 Å². The Kier molecular flexibility index (Phi) is 5.17. The van der Waals surface area contributed by atoms with Crippen molar-refractivity contribution in [2.24, 2.45) is 11.8 Å². The predicted octanol–water partition coefficient (Wildman–Crippen LogP) is -0.300. The maximum Gasteiger partial charge on any atom is 0.222 e. The summed E-state index contributed by atoms with van der Waals surface area (Å²) < 4.78 is 26.6. The van der Waals surface area contributed by atoms with Crippen LogP contribution >= 0.6 is 0 Å². The van der Waals surface area contributed by atoms with Gasteiger partial charge in [0.15, 0.2) is 0 Å². The maximum atomic E-state index is 12.1. The highest BCUT2D eigenvalue weighted by Gasteiger charge is 2.39. The lowest BCUT2D eigenvalue weighted by Gasteiger charge is -2.22. The molecule has 0 unspecified atom stereocenters. The summed E-state index contributed by atoms with van der Waals surface area (Å²) in [6.07, 6.45) is 4.65. The van der Waals surface area contributed by atoms with Gasteiger partial charge in [-0.15, -0.1) is 10.2 Å². The Morgan fingerprint density at radius 3 is 2.50 bits per heavy atom. The molecule has 2 rings (SSSR count). The molecular weight excluding hydrogens is 306 g/mol. The van der Waals surface area contributed by atoms with Gasteiger partial charge in [-0.2, -0.15) is 4.31 Å². The second kappa shape index (κ2) is 6.74. The highest BCUT2D eigenvalue weighted by atomic mass is 32.2. The molecule has 0 saturated carbocycles. The van der Waals surface area contributed by atoms with Crippen LogP contribution < -0.4 is 5.32 Å². The number of nitrogens with one attached hydrogen (secondary N) is 1. The van der Waals surface area contributed by atoms with Crippen molar-refractivity contribution < 1.29 is 13.2 Å². The standard InChI is InChI=1S/C13H23N5O3S/c1-10(2)11-6-18(22(3,20)21)7-12(11)16-13(19)4-5-17-8-14-15-9-17/h8-12H,4-7H2,1-3H3,(H,16,19)/t11-,12+/m0/s1. The molecule has 9 heteroatoms. The van der Waals surface area contributed by atoms with Crippen molar-refractivity contribution in [2.75, 3.05) is 19.3 Å². The largest absolute Gasteiger partial charge is 0.352 e. The number of sulfonamides is 1. The molecular formula is C13H23N5O3S. The van der Waals surface area contributed by atoms with Gasteiger partial charge in [0.1, 0.15) is 12.7 Å². The Morgan fingerprint density at radius 1 is 1.32 bits per heavy atom. The van der Waals surface area contributed by atoms with Gasteiger partial charge < -0.3 is 9.88 Å². The molecule has 0 aliphatic carbocycles. The van der Waals surface area contributed by atoms with E-state index in [0.29, 0.717) is 32.0 Å². The van der Waals surface area contributed by atoms with E-state index >= 15 is 0 Å². The van der Waals surface area contributed by atoms with E-state index in [0.717, 1.165) is 0 Å². The van der Waals surface area contributed by atoms with Gasteiger partial charge in [-0.25, -0.2) is 8.42 Å². The molecule has 0 spiro atoms. The predicted molar refractivity (Wildman–Crippen MR) is 81.3 cm³/mol. The second-order valence-corrected chi connectivity index (χ2v) is 8.09. The second-order valence-electron chi connectivity index (χ2n) is 6.11. The third-order valence-electron chi connectivity index (χ3n) is 4.07. The first-order valence-electron chi connectivity index (χ1n) is 7.34. The minimum atomic E-state index is -3.22. The third kappa shape index (κ3) is 4.26. The molecule has 1 aliphatic heterocycles. The van der Waals surface area contributed by atoms with Gasteiger partial charge in [-0.3, -0.25) is 4.79 Å². The molecule has 2 heterocycles. The number of carbonyl (C=O) groups is 1. The third-order valence-corrected chi connectivity index (χ3v) is 5.30. The molecule has 1 saturated heterocycles. The van der Waals surface area contributed by atoms with E-state index in [2.05, 4.69) is 15.5 Å². The molecule has 0 aromatic carbocycles. The zero-order valence-corrected chi connectivity index (χ0v) is 14.0. The van der Waals surface area contributed by atoms with Crippen molar-refractivity contribution in [3.05, 3.63) is 12.7 Å². The Morgan fingerprint density at radius 2 is 1.95 bits per heavy atom. The van der Waals surface area contributed by atoms with Crippen molar-refractivity contribution in [3.63, 3.8) is 0 Å². The lowest BCUT2D eigenvalue weighted by Crippen LogP contribution is -2.42. The van der Waals surface area contributed by atoms with E-state index in [1.807, 2.05) is 13.8 Å². The number of hydrogen-bond donors (Lipinski definition) is 1. The van der Waals surface area contributed by atoms with Crippen LogP contribution in [0.2, 0.25) is 0 Å². The lowest BCUT2D eigenvalue weighted by molar-refractivity contribution is -0.122. The molecule has 22 heavy (non-hydrogen) atoms. The van der Waals surface area contributed by atoms with E-state index < -0.39 is 10.0 Å². The molecule has 1 fully saturated rings. The minimum Gasteiger partial charge on any atom is -0.352 e. The van der Waals surface area contributed by atoms with Crippen LogP contribution in [0.3, 0.4) is 0 Å². The smallest absolute Gasteiger partial charge is 0.222 e. The van der Waals surface area contributed by atoms with Gasteiger partial charge in [0, 0.05) is 32.1 Å². The molecule has 1 aromatic heterocycles. The fourth-order valence-electron chi connectivity index (χ4n) is 2.74. The van der Waals surface area contributed by atoms with Gasteiger partial charge >= 0.3 is 0 Å². The number of amides is 1. The fraction of sp³-hybridized carbons (Fsp3) is 0.769. The number of aryl methyl sites for hydroxylation is 1. The first-order chi connectivity index (χ1) is 10.3. The van der Waals surface area contributed by atoms with Gasteiger partial charge in [0.05, 0.1) is 6.26 Å². The zero-order valence-electron chi connectivity index (χ0n) is 13.1. The van der Waals surface area contributed by atoms with Crippen molar-refractivity contribution >= 4 is 15.9 Å². The normalized spacial score (nSPS) is 23.1. The maximum absolute atomic E-state index is 12.1. The van der Waals surface area contributed by atoms with Crippen LogP contribution in [0.4, 0.5) is 0 Å². The summed E-state index contributed by atoms with van der Waals surface area (Å²) in [6, 6.07) is -0.136. The van der Waals surface area contributed by atoms with E-state index in [-0.39, 0.29) is 17.9 Å². The first kappa shape index (κ1) is 16.9. The topological polar surface area (TPSA) is 97.2 Å². The molecule has 8 nitrogen and oxygen atoms in total. The average Bonchev–Trinajstić information content (AvgIpc) is 3.04. The molecule has 0 radical (unpaired) electrons. The minimum absolute atomic E-state index is 0.0836. The van der Waals surface area contributed by atoms with Crippen LogP contribution in [-0.2, 0) is 21.4 Å². The molecule has 1 aliphatic rings. The van der Waals surface area contributed by atoms with Crippen LogP contribution in [-0.4, -0.2) is 58.8 Å². The van der Waals surface area contributed by atoms with E-state index in [1.54, 1.807) is 17.2 Å². The summed E-state index contributed by atoms with van der Waals surface area (Å²) in [5, 5.41) is 10.3. The number of rotatable bonds is 6. The van der Waals surface area contributed by atoms with Gasteiger partial charge in [-0.05, 0) is 11.8 Å². The summed E-state index contributed by atoms with van der Waals surface area (Å²) in [6.45, 7) is 5.42. The molecule has 1 amide bonds. The van der Waals surface area contributed by atoms with Gasteiger partial charge in [-0.1, -0.05) is 13.8 Å². The zero-order chi connectivity index (χ0) is 16.3. The summed E-state index contributed by atoms with van der Waals surface area (Å²) in [7, 11) is -3.22. The average molecular weight is 329 g/mol. The Hall–Kier alpha value is -1.48. The highest BCUT2D eigenvalue weighted by molar-refractivity contribution is 7.88. The van der Waals surface area contributed by atoms with E-state index in [4.69, 9.17) is 0 Å². The molecule has 1 N–H and O–H groups in total. The van der Waals surface area contributed by atoms with Gasteiger partial charge in [0.2, 0.25) is 15.9 Å². The number of nitrogens with zero attached hydrogens (tertiary/aromatic N) is 4. The van der Waals surface area contributed by atoms with Gasteiger partial charge in [0.25, 0.3) is 0 Å². The highest BCUT2D eigenvalue weighted by Crippen LogP contribution is 2.26. The number of hydrogen-bond acceptors (Lipinski definition) is 5. The monoisotopic (exact) mass is 329 g/mol. The fourth-order valence-corrected chi connectivity index (χ4v) is 3.61.